The molecule has 3 N–H and O–H groups in total. The molecule has 1 aromatic carbocycles. The largest absolute Gasteiger partial charge is 0.507 e. The number of benzene rings is 1. The number of ether oxygens (including phenoxy) is 1. The molecule has 3 aromatic rings. The highest BCUT2D eigenvalue weighted by molar-refractivity contribution is 6.35. The van der Waals surface area contributed by atoms with Crippen molar-refractivity contribution >= 4 is 40.3 Å². The number of carbonyl (C=O) groups excluding carboxylic acids is 1. The van der Waals surface area contributed by atoms with Gasteiger partial charge in [-0.05, 0) is 18.2 Å². The van der Waals surface area contributed by atoms with Gasteiger partial charge in [-0.1, -0.05) is 23.2 Å². The van der Waals surface area contributed by atoms with E-state index < -0.39 is 6.09 Å². The lowest BCUT2D eigenvalue weighted by Gasteiger charge is -2.10. The fraction of sp³-hybridized carbons (Fsp3) is 0.0714. The zero-order chi connectivity index (χ0) is 16.6. The topological polar surface area (TPSA) is 103 Å². The summed E-state index contributed by atoms with van der Waals surface area (Å²) in [6.45, 7) is 0.248. The first-order valence-electron chi connectivity index (χ1n) is 6.39. The first-order chi connectivity index (χ1) is 11.0. The fourth-order valence-corrected chi connectivity index (χ4v) is 2.72. The van der Waals surface area contributed by atoms with Crippen LogP contribution in [0.15, 0.2) is 30.7 Å². The van der Waals surface area contributed by atoms with E-state index in [-0.39, 0.29) is 18.2 Å². The van der Waals surface area contributed by atoms with Crippen molar-refractivity contribution in [3.8, 4) is 11.6 Å². The molecular weight excluding hydrogens is 343 g/mol. The summed E-state index contributed by atoms with van der Waals surface area (Å²) >= 11 is 12.0. The highest BCUT2D eigenvalue weighted by atomic mass is 35.5. The normalized spacial score (nSPS) is 10.9. The van der Waals surface area contributed by atoms with Gasteiger partial charge in [-0.15, -0.1) is 0 Å². The molecule has 0 aliphatic heterocycles. The van der Waals surface area contributed by atoms with Crippen molar-refractivity contribution in [2.75, 3.05) is 0 Å². The Hall–Kier alpha value is -2.51. The van der Waals surface area contributed by atoms with Crippen molar-refractivity contribution in [1.82, 2.24) is 14.5 Å². The highest BCUT2D eigenvalue weighted by Crippen LogP contribution is 2.32. The molecule has 7 nitrogen and oxygen atoms in total. The lowest BCUT2D eigenvalue weighted by Crippen LogP contribution is -2.17. The summed E-state index contributed by atoms with van der Waals surface area (Å²) in [6, 6.07) is 4.64. The minimum Gasteiger partial charge on any atom is -0.507 e. The quantitative estimate of drug-likeness (QED) is 0.754. The number of amides is 1. The molecule has 0 aliphatic carbocycles. The Bertz CT molecular complexity index is 887. The summed E-state index contributed by atoms with van der Waals surface area (Å²) in [5.41, 5.74) is 6.50. The lowest BCUT2D eigenvalue weighted by atomic mass is 10.2. The number of nitrogens with zero attached hydrogens (tertiary/aromatic N) is 3. The molecule has 2 aromatic heterocycles. The summed E-state index contributed by atoms with van der Waals surface area (Å²) in [7, 11) is 0. The number of pyridine rings is 1. The Kier molecular flexibility index (Phi) is 3.97. The van der Waals surface area contributed by atoms with E-state index in [1.807, 2.05) is 0 Å². The molecule has 118 valence electrons. The minimum atomic E-state index is -0.974. The van der Waals surface area contributed by atoms with E-state index in [4.69, 9.17) is 33.7 Å². The number of primary amides is 1. The van der Waals surface area contributed by atoms with Gasteiger partial charge in [0.05, 0.1) is 23.4 Å². The van der Waals surface area contributed by atoms with Gasteiger partial charge in [0.25, 0.3) is 5.88 Å². The predicted octanol–water partition coefficient (Wildman–Crippen LogP) is 2.95. The summed E-state index contributed by atoms with van der Waals surface area (Å²) in [5.74, 6) is -0.00723. The number of hydrogen-bond donors (Lipinski definition) is 2. The highest BCUT2D eigenvalue weighted by Gasteiger charge is 2.14. The van der Waals surface area contributed by atoms with Gasteiger partial charge in [0.1, 0.15) is 5.75 Å². The summed E-state index contributed by atoms with van der Waals surface area (Å²) in [5, 5.41) is 10.7. The minimum absolute atomic E-state index is 0.0141. The monoisotopic (exact) mass is 352 g/mol. The third kappa shape index (κ3) is 3.01. The van der Waals surface area contributed by atoms with Gasteiger partial charge in [0.15, 0.2) is 5.52 Å². The zero-order valence-corrected chi connectivity index (χ0v) is 13.0. The van der Waals surface area contributed by atoms with Gasteiger partial charge < -0.3 is 20.1 Å². The number of fused-ring (bicyclic) bond motifs is 1. The smallest absolute Gasteiger partial charge is 0.411 e. The third-order valence-corrected chi connectivity index (χ3v) is 3.72. The van der Waals surface area contributed by atoms with Gasteiger partial charge in [-0.2, -0.15) is 0 Å². The fourth-order valence-electron chi connectivity index (χ4n) is 2.18. The van der Waals surface area contributed by atoms with Crippen LogP contribution < -0.4 is 10.5 Å². The molecule has 0 spiro atoms. The van der Waals surface area contributed by atoms with Crippen LogP contribution in [0.4, 0.5) is 4.79 Å². The van der Waals surface area contributed by atoms with Crippen LogP contribution in [0.3, 0.4) is 0 Å². The van der Waals surface area contributed by atoms with E-state index in [1.54, 1.807) is 16.7 Å². The van der Waals surface area contributed by atoms with E-state index in [2.05, 4.69) is 9.97 Å². The van der Waals surface area contributed by atoms with Crippen LogP contribution in [0.25, 0.3) is 11.0 Å². The number of carbonyl (C=O) groups is 1. The number of phenolic OH excluding ortho intramolecular Hbond substituents is 1. The molecule has 0 saturated heterocycles. The second-order valence-corrected chi connectivity index (χ2v) is 5.51. The number of aromatic hydroxyl groups is 1. The molecule has 1 amide bonds. The Morgan fingerprint density at radius 3 is 2.83 bits per heavy atom. The predicted molar refractivity (Wildman–Crippen MR) is 85.0 cm³/mol. The molecule has 3 rings (SSSR count). The maximum absolute atomic E-state index is 10.9. The first kappa shape index (κ1) is 15.4. The van der Waals surface area contributed by atoms with Crippen molar-refractivity contribution in [2.24, 2.45) is 5.73 Å². The number of phenols is 1. The van der Waals surface area contributed by atoms with E-state index >= 15 is 0 Å². The van der Waals surface area contributed by atoms with Gasteiger partial charge in [-0.25, -0.2) is 14.8 Å². The molecule has 0 aliphatic rings. The van der Waals surface area contributed by atoms with Gasteiger partial charge >= 0.3 is 6.09 Å². The van der Waals surface area contributed by atoms with Crippen molar-refractivity contribution in [2.45, 2.75) is 6.54 Å². The first-order valence-corrected chi connectivity index (χ1v) is 7.15. The molecular formula is C14H10Cl2N4O3. The summed E-state index contributed by atoms with van der Waals surface area (Å²) < 4.78 is 6.54. The maximum Gasteiger partial charge on any atom is 0.411 e. The van der Waals surface area contributed by atoms with Crippen LogP contribution in [-0.2, 0) is 6.54 Å². The van der Waals surface area contributed by atoms with Crippen molar-refractivity contribution in [1.29, 1.82) is 0 Å². The molecule has 9 heteroatoms. The van der Waals surface area contributed by atoms with Gasteiger partial charge in [0.2, 0.25) is 0 Å². The molecule has 23 heavy (non-hydrogen) atoms. The van der Waals surface area contributed by atoms with Crippen LogP contribution in [0.1, 0.15) is 5.56 Å². The van der Waals surface area contributed by atoms with E-state index in [0.29, 0.717) is 26.6 Å². The van der Waals surface area contributed by atoms with Gasteiger partial charge in [-0.3, -0.25) is 0 Å². The van der Waals surface area contributed by atoms with Crippen molar-refractivity contribution in [3.05, 3.63) is 46.3 Å². The molecule has 0 saturated carbocycles. The van der Waals surface area contributed by atoms with Crippen LogP contribution in [0, 0.1) is 0 Å². The average Bonchev–Trinajstić information content (AvgIpc) is 2.86. The standard InChI is InChI=1S/C14H10Cl2N4O3/c15-7-3-9(16)8(11(21)4-7)5-20-6-19-12-10(20)1-2-18-13(12)23-14(17)22/h1-4,6,21H,5H2,(H2,17,22). The maximum atomic E-state index is 10.9. The van der Waals surface area contributed by atoms with E-state index in [1.165, 1.54) is 18.6 Å². The molecule has 0 bridgehead atoms. The van der Waals surface area contributed by atoms with Crippen LogP contribution in [0.5, 0.6) is 11.6 Å². The Balaban J connectivity index is 2.04. The van der Waals surface area contributed by atoms with Gasteiger partial charge in [0, 0.05) is 16.8 Å². The number of rotatable bonds is 3. The number of imidazole rings is 1. The molecule has 0 fully saturated rings. The van der Waals surface area contributed by atoms with Crippen LogP contribution in [-0.4, -0.2) is 25.7 Å². The molecule has 0 unspecified atom stereocenters. The SMILES string of the molecule is NC(=O)Oc1nccc2c1ncn2Cc1c(O)cc(Cl)cc1Cl. The second-order valence-electron chi connectivity index (χ2n) is 4.66. The second kappa shape index (κ2) is 5.94. The van der Waals surface area contributed by atoms with Crippen LogP contribution >= 0.6 is 23.2 Å². The lowest BCUT2D eigenvalue weighted by molar-refractivity contribution is 0.209. The zero-order valence-electron chi connectivity index (χ0n) is 11.5. The third-order valence-electron chi connectivity index (χ3n) is 3.17. The summed E-state index contributed by atoms with van der Waals surface area (Å²) in [4.78, 5) is 19.0. The average molecular weight is 353 g/mol. The number of aromatic nitrogens is 3. The van der Waals surface area contributed by atoms with Crippen LogP contribution in [0.2, 0.25) is 10.0 Å². The molecule has 2 heterocycles. The Morgan fingerprint density at radius 1 is 1.35 bits per heavy atom. The van der Waals surface area contributed by atoms with E-state index in [9.17, 15) is 9.90 Å². The van der Waals surface area contributed by atoms with E-state index in [0.717, 1.165) is 0 Å². The Morgan fingerprint density at radius 2 is 2.13 bits per heavy atom. The number of nitrogens with two attached hydrogens (primary N) is 1. The number of halogens is 2. The van der Waals surface area contributed by atoms with Crippen molar-refractivity contribution < 1.29 is 14.6 Å². The Labute approximate surface area is 140 Å². The van der Waals surface area contributed by atoms with Crippen molar-refractivity contribution in [3.63, 3.8) is 0 Å². The summed E-state index contributed by atoms with van der Waals surface area (Å²) in [6.07, 6.45) is 2.00. The molecule has 0 radical (unpaired) electrons. The number of hydrogen-bond acceptors (Lipinski definition) is 5. The molecule has 0 atom stereocenters.